The fourth-order valence-electron chi connectivity index (χ4n) is 5.92. The van der Waals surface area contributed by atoms with Gasteiger partial charge >= 0.3 is 7.12 Å². The summed E-state index contributed by atoms with van der Waals surface area (Å²) in [6.45, 7) is 2.00. The Morgan fingerprint density at radius 1 is 0.590 bits per heavy atom. The number of ether oxygens (including phenoxy) is 2. The van der Waals surface area contributed by atoms with E-state index in [-0.39, 0.29) is 0 Å². The molecule has 1 fully saturated rings. The monoisotopic (exact) mass is 518 g/mol. The molecule has 2 atom stereocenters. The van der Waals surface area contributed by atoms with Crippen molar-refractivity contribution in [1.29, 1.82) is 0 Å². The third-order valence-electron chi connectivity index (χ3n) is 7.69. The predicted octanol–water partition coefficient (Wildman–Crippen LogP) is 7.02. The SMILES string of the molecule is C/C=C/CB1O[C@@H](C(OC)(c2ccccc2)c2ccccc2)[C@H](C(OC)(c2ccccc2)c2ccccc2)O1. The smallest absolute Gasteiger partial charge is 0.402 e. The molecule has 0 bridgehead atoms. The Kier molecular flexibility index (Phi) is 8.44. The average Bonchev–Trinajstić information content (AvgIpc) is 3.44. The molecule has 1 heterocycles. The van der Waals surface area contributed by atoms with E-state index in [1.807, 2.05) is 85.8 Å². The molecule has 0 spiro atoms. The van der Waals surface area contributed by atoms with Gasteiger partial charge in [-0.2, -0.15) is 0 Å². The van der Waals surface area contributed by atoms with Crippen molar-refractivity contribution in [3.63, 3.8) is 0 Å². The Morgan fingerprint density at radius 3 is 1.15 bits per heavy atom. The van der Waals surface area contributed by atoms with Gasteiger partial charge in [-0.25, -0.2) is 0 Å². The summed E-state index contributed by atoms with van der Waals surface area (Å²) < 4.78 is 27.0. The van der Waals surface area contributed by atoms with E-state index in [0.29, 0.717) is 6.32 Å². The van der Waals surface area contributed by atoms with E-state index in [2.05, 4.69) is 54.6 Å². The van der Waals surface area contributed by atoms with Crippen molar-refractivity contribution in [1.82, 2.24) is 0 Å². The van der Waals surface area contributed by atoms with Gasteiger partial charge in [0.25, 0.3) is 0 Å². The lowest BCUT2D eigenvalue weighted by atomic mass is 9.71. The molecule has 5 rings (SSSR count). The maximum Gasteiger partial charge on any atom is 0.461 e. The van der Waals surface area contributed by atoms with Crippen LogP contribution in [0.3, 0.4) is 0 Å². The summed E-state index contributed by atoms with van der Waals surface area (Å²) in [5, 5.41) is 0. The van der Waals surface area contributed by atoms with Crippen LogP contribution in [0, 0.1) is 0 Å². The maximum absolute atomic E-state index is 6.91. The maximum atomic E-state index is 6.91. The number of methoxy groups -OCH3 is 2. The molecule has 0 unspecified atom stereocenters. The average molecular weight is 518 g/mol. The van der Waals surface area contributed by atoms with Crippen molar-refractivity contribution in [2.75, 3.05) is 14.2 Å². The molecule has 1 aliphatic heterocycles. The summed E-state index contributed by atoms with van der Waals surface area (Å²) in [5.74, 6) is 0. The highest BCUT2D eigenvalue weighted by atomic mass is 16.7. The van der Waals surface area contributed by atoms with E-state index < -0.39 is 30.5 Å². The first-order valence-electron chi connectivity index (χ1n) is 13.4. The normalized spacial score (nSPS) is 18.1. The van der Waals surface area contributed by atoms with Crippen LogP contribution in [0.2, 0.25) is 6.32 Å². The van der Waals surface area contributed by atoms with Crippen LogP contribution in [-0.2, 0) is 30.0 Å². The highest BCUT2D eigenvalue weighted by Crippen LogP contribution is 2.50. The predicted molar refractivity (Wildman–Crippen MR) is 156 cm³/mol. The molecule has 198 valence electrons. The van der Waals surface area contributed by atoms with Gasteiger partial charge in [-0.3, -0.25) is 0 Å². The summed E-state index contributed by atoms with van der Waals surface area (Å²) in [5.41, 5.74) is 1.96. The van der Waals surface area contributed by atoms with Gasteiger partial charge in [0.2, 0.25) is 0 Å². The quantitative estimate of drug-likeness (QED) is 0.167. The highest BCUT2D eigenvalue weighted by molar-refractivity contribution is 6.45. The van der Waals surface area contributed by atoms with Crippen molar-refractivity contribution >= 4 is 7.12 Å². The molecule has 0 N–H and O–H groups in total. The minimum absolute atomic E-state index is 0.486. The Morgan fingerprint density at radius 2 is 0.897 bits per heavy atom. The summed E-state index contributed by atoms with van der Waals surface area (Å²) in [6, 6.07) is 41.1. The molecule has 5 heteroatoms. The van der Waals surface area contributed by atoms with Crippen molar-refractivity contribution in [2.45, 2.75) is 36.7 Å². The van der Waals surface area contributed by atoms with Gasteiger partial charge in [-0.1, -0.05) is 133 Å². The standard InChI is InChI=1S/C34H35BO4/c1-4-5-26-35-38-31(33(36-2,27-18-10-6-11-19-27)28-20-12-7-13-21-28)32(39-35)34(37-3,29-22-14-8-15-23-29)30-24-16-9-17-25-30/h4-25,31-32H,26H2,1-3H3/b5-4+/t31-,32-/m1/s1. The van der Waals surface area contributed by atoms with Gasteiger partial charge in [-0.05, 0) is 29.2 Å². The lowest BCUT2D eigenvalue weighted by molar-refractivity contribution is -0.136. The highest BCUT2D eigenvalue weighted by Gasteiger charge is 2.61. The molecule has 39 heavy (non-hydrogen) atoms. The zero-order valence-electron chi connectivity index (χ0n) is 22.8. The van der Waals surface area contributed by atoms with Crippen LogP contribution >= 0.6 is 0 Å². The van der Waals surface area contributed by atoms with Gasteiger partial charge in [0.15, 0.2) is 0 Å². The number of benzene rings is 4. The van der Waals surface area contributed by atoms with Crippen LogP contribution < -0.4 is 0 Å². The number of hydrogen-bond acceptors (Lipinski definition) is 4. The van der Waals surface area contributed by atoms with Gasteiger partial charge in [0, 0.05) is 20.5 Å². The van der Waals surface area contributed by atoms with Gasteiger partial charge in [-0.15, -0.1) is 0 Å². The molecule has 0 saturated carbocycles. The van der Waals surface area contributed by atoms with Crippen LogP contribution in [0.15, 0.2) is 133 Å². The minimum atomic E-state index is -0.981. The minimum Gasteiger partial charge on any atom is -0.402 e. The van der Waals surface area contributed by atoms with E-state index in [4.69, 9.17) is 18.8 Å². The second-order valence-electron chi connectivity index (χ2n) is 9.69. The van der Waals surface area contributed by atoms with E-state index in [0.717, 1.165) is 22.3 Å². The van der Waals surface area contributed by atoms with Crippen molar-refractivity contribution in [3.05, 3.63) is 156 Å². The second kappa shape index (κ2) is 12.1. The molecule has 0 amide bonds. The lowest BCUT2D eigenvalue weighted by Gasteiger charge is -2.47. The molecule has 0 aliphatic carbocycles. The third-order valence-corrected chi connectivity index (χ3v) is 7.69. The van der Waals surface area contributed by atoms with Crippen molar-refractivity contribution in [2.24, 2.45) is 0 Å². The molecule has 4 aromatic rings. The molecule has 0 radical (unpaired) electrons. The zero-order valence-corrected chi connectivity index (χ0v) is 22.8. The largest absolute Gasteiger partial charge is 0.461 e. The van der Waals surface area contributed by atoms with Gasteiger partial charge in [0.1, 0.15) is 23.4 Å². The molecular weight excluding hydrogens is 483 g/mol. The number of allylic oxidation sites excluding steroid dienone is 2. The van der Waals surface area contributed by atoms with Crippen LogP contribution in [0.25, 0.3) is 0 Å². The third kappa shape index (κ3) is 4.88. The zero-order chi connectivity index (χ0) is 27.1. The molecule has 1 aliphatic rings. The van der Waals surface area contributed by atoms with E-state index in [9.17, 15) is 0 Å². The summed E-state index contributed by atoms with van der Waals surface area (Å²) in [6.07, 6.45) is 3.57. The summed E-state index contributed by atoms with van der Waals surface area (Å²) in [7, 11) is 3.01. The molecule has 1 saturated heterocycles. The first-order chi connectivity index (χ1) is 19.2. The molecule has 4 nitrogen and oxygen atoms in total. The first kappa shape index (κ1) is 27.1. The Labute approximate surface area is 232 Å². The van der Waals surface area contributed by atoms with E-state index >= 15 is 0 Å². The number of rotatable bonds is 10. The fraction of sp³-hybridized carbons (Fsp3) is 0.235. The van der Waals surface area contributed by atoms with Crippen LogP contribution in [0.5, 0.6) is 0 Å². The van der Waals surface area contributed by atoms with Crippen LogP contribution in [-0.4, -0.2) is 33.5 Å². The van der Waals surface area contributed by atoms with E-state index in [1.165, 1.54) is 0 Å². The van der Waals surface area contributed by atoms with Crippen molar-refractivity contribution < 1.29 is 18.8 Å². The topological polar surface area (TPSA) is 36.9 Å². The van der Waals surface area contributed by atoms with Gasteiger partial charge < -0.3 is 18.8 Å². The van der Waals surface area contributed by atoms with Gasteiger partial charge in [0.05, 0.1) is 0 Å². The lowest BCUT2D eigenvalue weighted by Crippen LogP contribution is -2.56. The second-order valence-corrected chi connectivity index (χ2v) is 9.69. The number of hydrogen-bond donors (Lipinski definition) is 0. The van der Waals surface area contributed by atoms with Crippen LogP contribution in [0.4, 0.5) is 0 Å². The fourth-order valence-corrected chi connectivity index (χ4v) is 5.92. The Balaban J connectivity index is 1.79. The molecule has 4 aromatic carbocycles. The molecule has 0 aromatic heterocycles. The summed E-state index contributed by atoms with van der Waals surface area (Å²) >= 11 is 0. The van der Waals surface area contributed by atoms with Crippen molar-refractivity contribution in [3.8, 4) is 0 Å². The van der Waals surface area contributed by atoms with E-state index in [1.54, 1.807) is 14.2 Å². The van der Waals surface area contributed by atoms with Crippen LogP contribution in [0.1, 0.15) is 29.2 Å². The first-order valence-corrected chi connectivity index (χ1v) is 13.4. The summed E-state index contributed by atoms with van der Waals surface area (Å²) in [4.78, 5) is 0. The Hall–Kier alpha value is -3.48. The molecular formula is C34H35BO4. The Bertz CT molecular complexity index is 1150.